The lowest BCUT2D eigenvalue weighted by atomic mass is 9.73. The number of esters is 1. The van der Waals surface area contributed by atoms with E-state index in [0.29, 0.717) is 31.7 Å². The van der Waals surface area contributed by atoms with Gasteiger partial charge in [0.25, 0.3) is 0 Å². The first-order valence-corrected chi connectivity index (χ1v) is 21.4. The first kappa shape index (κ1) is 46.3. The van der Waals surface area contributed by atoms with Gasteiger partial charge in [0, 0.05) is 56.0 Å². The summed E-state index contributed by atoms with van der Waals surface area (Å²) in [6.45, 7) is 17.0. The number of amides is 1. The fourth-order valence-corrected chi connectivity index (χ4v) is 9.58. The molecule has 59 heavy (non-hydrogen) atoms. The number of pyridine rings is 1. The molecule has 2 aromatic rings. The Bertz CT molecular complexity index is 1740. The Morgan fingerprint density at radius 1 is 1.02 bits per heavy atom. The molecule has 5 heterocycles. The van der Waals surface area contributed by atoms with E-state index in [2.05, 4.69) is 10.1 Å². The molecule has 0 aromatic carbocycles. The van der Waals surface area contributed by atoms with E-state index in [1.54, 1.807) is 43.5 Å². The van der Waals surface area contributed by atoms with Crippen LogP contribution in [0.4, 0.5) is 4.79 Å². The van der Waals surface area contributed by atoms with E-state index < -0.39 is 83.4 Å². The van der Waals surface area contributed by atoms with Crippen LogP contribution >= 0.6 is 0 Å². The number of methoxy groups -OCH3 is 1. The molecule has 15 heteroatoms. The molecule has 0 bridgehead atoms. The number of ether oxygens (including phenoxy) is 5. The predicted octanol–water partition coefficient (Wildman–Crippen LogP) is 5.18. The predicted molar refractivity (Wildman–Crippen MR) is 218 cm³/mol. The van der Waals surface area contributed by atoms with Crippen LogP contribution in [-0.2, 0) is 44.5 Å². The molecule has 0 aliphatic carbocycles. The van der Waals surface area contributed by atoms with Crippen LogP contribution in [0.5, 0.6) is 0 Å². The number of aromatic nitrogens is 3. The van der Waals surface area contributed by atoms with E-state index in [-0.39, 0.29) is 30.8 Å². The second-order valence-corrected chi connectivity index (χ2v) is 17.4. The molecule has 0 saturated carbocycles. The van der Waals surface area contributed by atoms with E-state index in [4.69, 9.17) is 23.7 Å². The van der Waals surface area contributed by atoms with Crippen LogP contribution in [-0.4, -0.2) is 135 Å². The number of unbranched alkanes of at least 4 members (excludes halogenated alkanes) is 1. The van der Waals surface area contributed by atoms with Crippen molar-refractivity contribution in [1.82, 2.24) is 24.6 Å². The Kier molecular flexibility index (Phi) is 15.2. The monoisotopic (exact) mass is 825 g/mol. The zero-order valence-corrected chi connectivity index (χ0v) is 36.8. The molecule has 3 fully saturated rings. The van der Waals surface area contributed by atoms with Gasteiger partial charge in [-0.3, -0.25) is 14.4 Å². The molecule has 3 aliphatic heterocycles. The zero-order valence-electron chi connectivity index (χ0n) is 36.8. The second-order valence-electron chi connectivity index (χ2n) is 17.4. The van der Waals surface area contributed by atoms with Gasteiger partial charge in [-0.1, -0.05) is 40.7 Å². The summed E-state index contributed by atoms with van der Waals surface area (Å²) in [6, 6.07) is 4.70. The quantitative estimate of drug-likeness (QED) is 0.169. The van der Waals surface area contributed by atoms with Gasteiger partial charge >= 0.3 is 12.1 Å². The number of Topliss-reactive ketones (excluding diaryl/α,β-unsaturated/α-hetero) is 2. The summed E-state index contributed by atoms with van der Waals surface area (Å²) in [5.41, 5.74) is -1.63. The molecule has 3 aliphatic rings. The maximum Gasteiger partial charge on any atom is 0.410 e. The molecule has 1 N–H and O–H groups in total. The fraction of sp³-hybridized carbons (Fsp3) is 0.727. The van der Waals surface area contributed by atoms with E-state index >= 15 is 0 Å². The Balaban J connectivity index is 1.43. The van der Waals surface area contributed by atoms with Gasteiger partial charge in [-0.05, 0) is 97.5 Å². The van der Waals surface area contributed by atoms with Crippen molar-refractivity contribution in [1.29, 1.82) is 0 Å². The highest BCUT2D eigenvalue weighted by Crippen LogP contribution is 2.43. The maximum absolute atomic E-state index is 14.7. The van der Waals surface area contributed by atoms with Gasteiger partial charge < -0.3 is 38.6 Å². The zero-order chi connectivity index (χ0) is 43.4. The molecule has 0 spiro atoms. The van der Waals surface area contributed by atoms with Crippen molar-refractivity contribution in [3.63, 3.8) is 0 Å². The number of likely N-dealkylation sites (N-methyl/N-ethyl adjacent to an activating group) is 1. The lowest BCUT2D eigenvalue weighted by molar-refractivity contribution is -0.296. The number of rotatable bonds is 12. The highest BCUT2D eigenvalue weighted by atomic mass is 16.7. The number of nitrogens with zero attached hydrogens (tertiary/aromatic N) is 5. The van der Waals surface area contributed by atoms with Crippen molar-refractivity contribution in [2.24, 2.45) is 23.7 Å². The van der Waals surface area contributed by atoms with Crippen LogP contribution in [0.3, 0.4) is 0 Å². The lowest BCUT2D eigenvalue weighted by Gasteiger charge is -2.47. The van der Waals surface area contributed by atoms with Crippen molar-refractivity contribution in [2.75, 3.05) is 27.2 Å². The molecule has 0 radical (unpaired) electrons. The molecule has 3 saturated heterocycles. The molecule has 5 rings (SSSR count). The molecular formula is C44H67N5O10. The first-order valence-electron chi connectivity index (χ1n) is 21.4. The Morgan fingerprint density at radius 2 is 1.75 bits per heavy atom. The summed E-state index contributed by atoms with van der Waals surface area (Å²) in [7, 11) is 3.43. The molecule has 1 amide bonds. The largest absolute Gasteiger partial charge is 0.458 e. The van der Waals surface area contributed by atoms with E-state index in [1.807, 2.05) is 70.2 Å². The average Bonchev–Trinajstić information content (AvgIpc) is 3.85. The third-order valence-electron chi connectivity index (χ3n) is 13.2. The number of hydrogen-bond donors (Lipinski definition) is 1. The number of carbonyl (C=O) groups excluding carboxylic acids is 4. The van der Waals surface area contributed by atoms with Gasteiger partial charge in [0.15, 0.2) is 23.5 Å². The van der Waals surface area contributed by atoms with Gasteiger partial charge in [-0.2, -0.15) is 5.10 Å². The summed E-state index contributed by atoms with van der Waals surface area (Å²) in [5, 5.41) is 15.8. The molecule has 328 valence electrons. The molecule has 0 unspecified atom stereocenters. The topological polar surface area (TPSA) is 172 Å². The van der Waals surface area contributed by atoms with E-state index in [0.717, 1.165) is 18.4 Å². The number of aliphatic hydroxyl groups excluding tert-OH is 1. The minimum Gasteiger partial charge on any atom is -0.458 e. The molecule has 13 atom stereocenters. The minimum atomic E-state index is -1.40. The normalized spacial score (nSPS) is 36.3. The summed E-state index contributed by atoms with van der Waals surface area (Å²) in [4.78, 5) is 65.1. The maximum atomic E-state index is 14.7. The van der Waals surface area contributed by atoms with Crippen LogP contribution in [0.25, 0.3) is 5.82 Å². The van der Waals surface area contributed by atoms with Crippen LogP contribution < -0.4 is 0 Å². The number of carbonyl (C=O) groups is 4. The van der Waals surface area contributed by atoms with E-state index in [9.17, 15) is 24.3 Å². The van der Waals surface area contributed by atoms with Gasteiger partial charge in [-0.15, -0.1) is 0 Å². The highest BCUT2D eigenvalue weighted by molar-refractivity contribution is 6.00. The minimum absolute atomic E-state index is 0.132. The van der Waals surface area contributed by atoms with E-state index in [1.165, 1.54) is 14.0 Å². The smallest absolute Gasteiger partial charge is 0.410 e. The Hall–Kier alpha value is -3.76. The fourth-order valence-electron chi connectivity index (χ4n) is 9.58. The first-order chi connectivity index (χ1) is 27.9. The number of hydrogen-bond acceptors (Lipinski definition) is 13. The van der Waals surface area contributed by atoms with Gasteiger partial charge in [0.05, 0.1) is 23.9 Å². The van der Waals surface area contributed by atoms with Crippen LogP contribution in [0.15, 0.2) is 36.8 Å². The SMILES string of the molecule is CC[C@H]1OC(=O)[C@H](C)C(=O)[C@H](C)[C@@H](O[C@@H]2O[C@H](C)C[C@H](N(C)CC)[C@H]2O)[C@](C)(OC)C[C@@H](C)C(=O)[C@H](C)[C@@H]2N(CCCCc3ccc(-n4cccn4)nc3)C(=O)O[C@@]21C. The van der Waals surface area contributed by atoms with Crippen molar-refractivity contribution in [3.8, 4) is 5.82 Å². The van der Waals surface area contributed by atoms with Crippen molar-refractivity contribution >= 4 is 23.6 Å². The Morgan fingerprint density at radius 3 is 2.36 bits per heavy atom. The van der Waals surface area contributed by atoms with Crippen molar-refractivity contribution in [3.05, 3.63) is 42.4 Å². The summed E-state index contributed by atoms with van der Waals surface area (Å²) >= 11 is 0. The number of fused-ring (bicyclic) bond motifs is 1. The van der Waals surface area contributed by atoms with Gasteiger partial charge in [0.2, 0.25) is 0 Å². The molecule has 2 aromatic heterocycles. The summed E-state index contributed by atoms with van der Waals surface area (Å²) in [6.07, 6.45) is 3.39. The van der Waals surface area contributed by atoms with Crippen molar-refractivity contribution in [2.45, 2.75) is 155 Å². The van der Waals surface area contributed by atoms with Gasteiger partial charge in [-0.25, -0.2) is 14.5 Å². The summed E-state index contributed by atoms with van der Waals surface area (Å²) < 4.78 is 33.0. The molecule has 15 nitrogen and oxygen atoms in total. The number of cyclic esters (lactones) is 1. The Labute approximate surface area is 349 Å². The standard InChI is InChI=1S/C44H67N5O10/c1-12-33-44(9)38(48(42(54)59-44)21-15-14-17-31-18-19-34(45-25-31)49-22-16-20-46-49)28(5)35(50)26(3)24-43(8,55-11)39(29(6)36(51)30(7)40(53)57-33)58-41-37(52)32(47(10)13-2)23-27(4)56-41/h16,18-20,22,25-30,32-33,37-39,41,52H,12-15,17,21,23-24H2,1-11H3/t26-,27-,28+,29+,30-,32+,33-,37-,38+,39-,41+,43-,44-/m1/s1. The highest BCUT2D eigenvalue weighted by Gasteiger charge is 2.60. The number of aryl methyl sites for hydroxylation is 1. The average molecular weight is 826 g/mol. The second kappa shape index (κ2) is 19.3. The number of ketones is 2. The van der Waals surface area contributed by atoms with Gasteiger partial charge in [0.1, 0.15) is 23.9 Å². The molecular weight excluding hydrogens is 759 g/mol. The van der Waals surface area contributed by atoms with Crippen LogP contribution in [0.1, 0.15) is 100.0 Å². The lowest BCUT2D eigenvalue weighted by Crippen LogP contribution is -2.60. The van der Waals surface area contributed by atoms with Crippen molar-refractivity contribution < 1.29 is 48.0 Å². The third kappa shape index (κ3) is 9.75. The summed E-state index contributed by atoms with van der Waals surface area (Å²) in [5.74, 6) is -4.22. The van der Waals surface area contributed by atoms with Crippen LogP contribution in [0.2, 0.25) is 0 Å². The third-order valence-corrected chi connectivity index (χ3v) is 13.2. The van der Waals surface area contributed by atoms with Crippen LogP contribution in [0, 0.1) is 23.7 Å². The number of aliphatic hydroxyl groups is 1.